The summed E-state index contributed by atoms with van der Waals surface area (Å²) in [5.41, 5.74) is 3.29. The molecule has 1 aromatic heterocycles. The third-order valence-corrected chi connectivity index (χ3v) is 6.69. The second-order valence-corrected chi connectivity index (χ2v) is 8.93. The number of hydrogen-bond acceptors (Lipinski definition) is 4. The van der Waals surface area contributed by atoms with Crippen LogP contribution in [-0.4, -0.2) is 65.9 Å². The molecule has 2 aromatic rings. The molecular formula is C26H34N4O2. The summed E-state index contributed by atoms with van der Waals surface area (Å²) < 4.78 is 0. The highest BCUT2D eigenvalue weighted by molar-refractivity contribution is 5.83. The van der Waals surface area contributed by atoms with Crippen LogP contribution >= 0.6 is 0 Å². The van der Waals surface area contributed by atoms with Crippen LogP contribution < -0.4 is 5.32 Å². The van der Waals surface area contributed by atoms with Crippen molar-refractivity contribution in [2.75, 3.05) is 39.3 Å². The lowest BCUT2D eigenvalue weighted by Crippen LogP contribution is -2.43. The first-order chi connectivity index (χ1) is 15.7. The molecule has 6 nitrogen and oxygen atoms in total. The fraction of sp³-hybridized carbons (Fsp3) is 0.500. The van der Waals surface area contributed by atoms with Gasteiger partial charge < -0.3 is 15.1 Å². The first-order valence-corrected chi connectivity index (χ1v) is 11.9. The van der Waals surface area contributed by atoms with E-state index in [-0.39, 0.29) is 23.7 Å². The number of carbonyl (C=O) groups excluding carboxylic acids is 2. The number of pyridine rings is 1. The molecule has 6 heteroatoms. The SMILES string of the molecule is CCCN1CCN(C(=O)C2CCNCC2)C[C@@H](Cc2ccccc2-c2cccnc2)C1=O. The molecule has 1 aromatic carbocycles. The number of amides is 2. The Bertz CT molecular complexity index is 911. The molecule has 170 valence electrons. The quantitative estimate of drug-likeness (QED) is 0.759. The molecular weight excluding hydrogens is 400 g/mol. The number of piperidine rings is 1. The molecule has 1 N–H and O–H groups in total. The van der Waals surface area contributed by atoms with E-state index in [1.54, 1.807) is 6.20 Å². The number of hydrogen-bond donors (Lipinski definition) is 1. The molecule has 0 bridgehead atoms. The Morgan fingerprint density at radius 1 is 1.12 bits per heavy atom. The summed E-state index contributed by atoms with van der Waals surface area (Å²) in [5, 5.41) is 3.34. The summed E-state index contributed by atoms with van der Waals surface area (Å²) in [4.78, 5) is 35.0. The van der Waals surface area contributed by atoms with Gasteiger partial charge in [-0.2, -0.15) is 0 Å². The van der Waals surface area contributed by atoms with E-state index in [9.17, 15) is 9.59 Å². The maximum absolute atomic E-state index is 13.5. The highest BCUT2D eigenvalue weighted by atomic mass is 16.2. The molecule has 0 saturated carbocycles. The van der Waals surface area contributed by atoms with E-state index in [1.807, 2.05) is 34.2 Å². The maximum atomic E-state index is 13.5. The standard InChI is InChI=1S/C26H34N4O2/c1-2-14-29-15-16-30(25(31)20-9-12-27-13-10-20)19-23(26(29)32)17-21-6-3-4-8-24(21)22-7-5-11-28-18-22/h3-8,11,18,20,23,27H,2,9-10,12-17,19H2,1H3/t23-/m1/s1. The van der Waals surface area contributed by atoms with E-state index < -0.39 is 0 Å². The van der Waals surface area contributed by atoms with E-state index in [2.05, 4.69) is 35.4 Å². The highest BCUT2D eigenvalue weighted by Gasteiger charge is 2.34. The molecule has 0 radical (unpaired) electrons. The molecule has 3 heterocycles. The van der Waals surface area contributed by atoms with Gasteiger partial charge in [-0.1, -0.05) is 37.3 Å². The average Bonchev–Trinajstić information content (AvgIpc) is 3.00. The van der Waals surface area contributed by atoms with E-state index >= 15 is 0 Å². The molecule has 2 aliphatic heterocycles. The number of nitrogens with zero attached hydrogens (tertiary/aromatic N) is 3. The van der Waals surface area contributed by atoms with Crippen LogP contribution in [0.5, 0.6) is 0 Å². The molecule has 32 heavy (non-hydrogen) atoms. The van der Waals surface area contributed by atoms with Crippen LogP contribution in [0.3, 0.4) is 0 Å². The van der Waals surface area contributed by atoms with Crippen molar-refractivity contribution in [3.8, 4) is 11.1 Å². The minimum atomic E-state index is -0.229. The third kappa shape index (κ3) is 5.18. The van der Waals surface area contributed by atoms with Gasteiger partial charge in [0.2, 0.25) is 11.8 Å². The van der Waals surface area contributed by atoms with Gasteiger partial charge in [0.25, 0.3) is 0 Å². The topological polar surface area (TPSA) is 65.5 Å². The Labute approximate surface area is 191 Å². The molecule has 2 saturated heterocycles. The third-order valence-electron chi connectivity index (χ3n) is 6.69. The lowest BCUT2D eigenvalue weighted by molar-refractivity contribution is -0.137. The number of nitrogens with one attached hydrogen (secondary N) is 1. The van der Waals surface area contributed by atoms with Crippen molar-refractivity contribution >= 4 is 11.8 Å². The van der Waals surface area contributed by atoms with Gasteiger partial charge >= 0.3 is 0 Å². The maximum Gasteiger partial charge on any atom is 0.227 e. The van der Waals surface area contributed by atoms with Gasteiger partial charge in [-0.05, 0) is 56.0 Å². The summed E-state index contributed by atoms with van der Waals surface area (Å²) in [7, 11) is 0. The summed E-state index contributed by atoms with van der Waals surface area (Å²) in [5.74, 6) is 0.247. The Balaban J connectivity index is 1.59. The first-order valence-electron chi connectivity index (χ1n) is 11.9. The number of aromatic nitrogens is 1. The predicted molar refractivity (Wildman–Crippen MR) is 126 cm³/mol. The zero-order valence-electron chi connectivity index (χ0n) is 19.0. The Morgan fingerprint density at radius 2 is 1.94 bits per heavy atom. The summed E-state index contributed by atoms with van der Waals surface area (Å²) >= 11 is 0. The van der Waals surface area contributed by atoms with Crippen LogP contribution in [0.25, 0.3) is 11.1 Å². The van der Waals surface area contributed by atoms with E-state index in [0.717, 1.165) is 55.6 Å². The van der Waals surface area contributed by atoms with Crippen molar-refractivity contribution < 1.29 is 9.59 Å². The van der Waals surface area contributed by atoms with Gasteiger partial charge in [-0.15, -0.1) is 0 Å². The average molecular weight is 435 g/mol. The van der Waals surface area contributed by atoms with Crippen molar-refractivity contribution in [2.45, 2.75) is 32.6 Å². The highest BCUT2D eigenvalue weighted by Crippen LogP contribution is 2.27. The zero-order chi connectivity index (χ0) is 22.3. The van der Waals surface area contributed by atoms with E-state index in [0.29, 0.717) is 26.1 Å². The van der Waals surface area contributed by atoms with Crippen molar-refractivity contribution in [3.63, 3.8) is 0 Å². The fourth-order valence-corrected chi connectivity index (χ4v) is 4.98. The van der Waals surface area contributed by atoms with Gasteiger partial charge in [0, 0.05) is 50.1 Å². The largest absolute Gasteiger partial charge is 0.341 e. The van der Waals surface area contributed by atoms with E-state index in [4.69, 9.17) is 0 Å². The fourth-order valence-electron chi connectivity index (χ4n) is 4.98. The smallest absolute Gasteiger partial charge is 0.227 e. The lowest BCUT2D eigenvalue weighted by Gasteiger charge is -2.30. The summed E-state index contributed by atoms with van der Waals surface area (Å²) in [6.07, 6.45) is 6.96. The molecule has 2 aliphatic rings. The molecule has 1 atom stereocenters. The normalized spacial score (nSPS) is 20.3. The first kappa shape index (κ1) is 22.5. The molecule has 0 unspecified atom stereocenters. The Kier molecular flexibility index (Phi) is 7.53. The van der Waals surface area contributed by atoms with Gasteiger partial charge in [0.1, 0.15) is 0 Å². The number of carbonyl (C=O) groups is 2. The van der Waals surface area contributed by atoms with Crippen LogP contribution in [0.15, 0.2) is 48.8 Å². The summed E-state index contributed by atoms with van der Waals surface area (Å²) in [6.45, 7) is 6.40. The Hall–Kier alpha value is -2.73. The minimum Gasteiger partial charge on any atom is -0.341 e. The summed E-state index contributed by atoms with van der Waals surface area (Å²) in [6, 6.07) is 12.2. The molecule has 0 spiro atoms. The lowest BCUT2D eigenvalue weighted by atomic mass is 9.91. The molecule has 4 rings (SSSR count). The van der Waals surface area contributed by atoms with Gasteiger partial charge in [-0.25, -0.2) is 0 Å². The van der Waals surface area contributed by atoms with Crippen molar-refractivity contribution in [1.29, 1.82) is 0 Å². The van der Waals surface area contributed by atoms with Crippen molar-refractivity contribution in [3.05, 3.63) is 54.4 Å². The molecule has 2 fully saturated rings. The number of rotatable bonds is 6. The predicted octanol–water partition coefficient (Wildman–Crippen LogP) is 2.99. The van der Waals surface area contributed by atoms with Gasteiger partial charge in [0.05, 0.1) is 5.92 Å². The van der Waals surface area contributed by atoms with Crippen molar-refractivity contribution in [1.82, 2.24) is 20.1 Å². The van der Waals surface area contributed by atoms with Crippen LogP contribution in [0.1, 0.15) is 31.7 Å². The Morgan fingerprint density at radius 3 is 2.69 bits per heavy atom. The number of benzene rings is 1. The monoisotopic (exact) mass is 434 g/mol. The van der Waals surface area contributed by atoms with Crippen LogP contribution in [0.4, 0.5) is 0 Å². The second kappa shape index (κ2) is 10.7. The van der Waals surface area contributed by atoms with Crippen LogP contribution in [0, 0.1) is 11.8 Å². The van der Waals surface area contributed by atoms with Gasteiger partial charge in [0.15, 0.2) is 0 Å². The molecule has 2 amide bonds. The van der Waals surface area contributed by atoms with Crippen molar-refractivity contribution in [2.24, 2.45) is 11.8 Å². The minimum absolute atomic E-state index is 0.0763. The second-order valence-electron chi connectivity index (χ2n) is 8.93. The van der Waals surface area contributed by atoms with Gasteiger partial charge in [-0.3, -0.25) is 14.6 Å². The molecule has 0 aliphatic carbocycles. The van der Waals surface area contributed by atoms with Crippen LogP contribution in [-0.2, 0) is 16.0 Å². The van der Waals surface area contributed by atoms with Crippen LogP contribution in [0.2, 0.25) is 0 Å². The van der Waals surface area contributed by atoms with E-state index in [1.165, 1.54) is 0 Å². The zero-order valence-corrected chi connectivity index (χ0v) is 19.0.